The van der Waals surface area contributed by atoms with Crippen molar-refractivity contribution < 1.29 is 9.59 Å². The first-order chi connectivity index (χ1) is 8.58. The van der Waals surface area contributed by atoms with Gasteiger partial charge in [0.1, 0.15) is 0 Å². The Morgan fingerprint density at radius 1 is 1.42 bits per heavy atom. The summed E-state index contributed by atoms with van der Waals surface area (Å²) >= 11 is 1.97. The molecular weight excluding hydrogens is 286 g/mol. The Hall–Kier alpha value is -0.460. The minimum absolute atomic E-state index is 0. The highest BCUT2D eigenvalue weighted by atomic mass is 35.5. The highest BCUT2D eigenvalue weighted by Crippen LogP contribution is 2.32. The number of carbonyl (C=O) groups excluding carboxylic acids is 2. The van der Waals surface area contributed by atoms with E-state index in [1.54, 1.807) is 4.90 Å². The highest BCUT2D eigenvalue weighted by Gasteiger charge is 2.29. The van der Waals surface area contributed by atoms with Crippen molar-refractivity contribution in [1.82, 2.24) is 10.2 Å². The fourth-order valence-corrected chi connectivity index (χ4v) is 3.36. The van der Waals surface area contributed by atoms with Crippen LogP contribution >= 0.6 is 24.2 Å². The summed E-state index contributed by atoms with van der Waals surface area (Å²) in [5.74, 6) is 0.799. The van der Waals surface area contributed by atoms with Crippen molar-refractivity contribution in [3.8, 4) is 0 Å². The molecule has 0 aromatic heterocycles. The van der Waals surface area contributed by atoms with Gasteiger partial charge in [0.2, 0.25) is 11.8 Å². The Balaban J connectivity index is 0.00000324. The van der Waals surface area contributed by atoms with E-state index < -0.39 is 0 Å². The van der Waals surface area contributed by atoms with Gasteiger partial charge < -0.3 is 16.0 Å². The Morgan fingerprint density at radius 2 is 2.11 bits per heavy atom. The van der Waals surface area contributed by atoms with Gasteiger partial charge in [-0.3, -0.25) is 9.59 Å². The summed E-state index contributed by atoms with van der Waals surface area (Å²) in [4.78, 5) is 24.6. The second kappa shape index (κ2) is 9.44. The van der Waals surface area contributed by atoms with Gasteiger partial charge in [-0.05, 0) is 25.0 Å². The van der Waals surface area contributed by atoms with E-state index >= 15 is 0 Å². The van der Waals surface area contributed by atoms with E-state index in [0.29, 0.717) is 11.3 Å². The van der Waals surface area contributed by atoms with E-state index in [-0.39, 0.29) is 37.3 Å². The molecule has 3 N–H and O–H groups in total. The molecule has 0 aliphatic heterocycles. The molecule has 112 valence electrons. The third kappa shape index (κ3) is 6.01. The summed E-state index contributed by atoms with van der Waals surface area (Å²) in [6, 6.07) is 0.316. The predicted molar refractivity (Wildman–Crippen MR) is 81.6 cm³/mol. The average Bonchev–Trinajstić information content (AvgIpc) is 2.83. The number of hydrogen-bond donors (Lipinski definition) is 2. The smallest absolute Gasteiger partial charge is 0.241 e. The predicted octanol–water partition coefficient (Wildman–Crippen LogP) is 0.616. The summed E-state index contributed by atoms with van der Waals surface area (Å²) in [6.45, 7) is 2.14. The molecule has 0 saturated heterocycles. The molecule has 19 heavy (non-hydrogen) atoms. The zero-order chi connectivity index (χ0) is 13.5. The van der Waals surface area contributed by atoms with Crippen molar-refractivity contribution in [3.63, 3.8) is 0 Å². The lowest BCUT2D eigenvalue weighted by Crippen LogP contribution is -2.43. The SMILES string of the molecule is CCSC1CCC(N(C)C(=O)CNC(=O)CN)C1.Cl. The van der Waals surface area contributed by atoms with Crippen LogP contribution in [0.15, 0.2) is 0 Å². The number of nitrogens with zero attached hydrogens (tertiary/aromatic N) is 1. The van der Waals surface area contributed by atoms with E-state index in [1.807, 2.05) is 18.8 Å². The van der Waals surface area contributed by atoms with E-state index in [1.165, 1.54) is 6.42 Å². The maximum absolute atomic E-state index is 11.9. The van der Waals surface area contributed by atoms with E-state index in [9.17, 15) is 9.59 Å². The second-order valence-electron chi connectivity index (χ2n) is 4.53. The summed E-state index contributed by atoms with van der Waals surface area (Å²) in [6.07, 6.45) is 3.30. The molecule has 1 saturated carbocycles. The molecule has 1 fully saturated rings. The van der Waals surface area contributed by atoms with E-state index in [4.69, 9.17) is 5.73 Å². The van der Waals surface area contributed by atoms with Crippen LogP contribution in [0.5, 0.6) is 0 Å². The van der Waals surface area contributed by atoms with Crippen LogP contribution < -0.4 is 11.1 Å². The lowest BCUT2D eigenvalue weighted by molar-refractivity contribution is -0.133. The standard InChI is InChI=1S/C12H23N3O2S.ClH/c1-3-18-10-5-4-9(6-10)15(2)12(17)8-14-11(16)7-13;/h9-10H,3-8,13H2,1-2H3,(H,14,16);1H. The van der Waals surface area contributed by atoms with Crippen LogP contribution in [0, 0.1) is 0 Å². The lowest BCUT2D eigenvalue weighted by Gasteiger charge is -2.24. The fourth-order valence-electron chi connectivity index (χ4n) is 2.23. The topological polar surface area (TPSA) is 75.4 Å². The molecule has 2 atom stereocenters. The summed E-state index contributed by atoms with van der Waals surface area (Å²) in [7, 11) is 1.82. The van der Waals surface area contributed by atoms with Gasteiger partial charge in [-0.25, -0.2) is 0 Å². The maximum atomic E-state index is 11.9. The molecule has 0 bridgehead atoms. The number of likely N-dealkylation sites (N-methyl/N-ethyl adjacent to an activating group) is 1. The summed E-state index contributed by atoms with van der Waals surface area (Å²) in [5, 5.41) is 3.19. The van der Waals surface area contributed by atoms with E-state index in [0.717, 1.165) is 18.6 Å². The largest absolute Gasteiger partial charge is 0.346 e. The molecular formula is C12H24ClN3O2S. The van der Waals surface area contributed by atoms with Crippen molar-refractivity contribution in [1.29, 1.82) is 0 Å². The number of amides is 2. The molecule has 1 aliphatic rings. The fraction of sp³-hybridized carbons (Fsp3) is 0.833. The Bertz CT molecular complexity index is 305. The van der Waals surface area contributed by atoms with Gasteiger partial charge in [0.25, 0.3) is 0 Å². The van der Waals surface area contributed by atoms with Gasteiger partial charge >= 0.3 is 0 Å². The van der Waals surface area contributed by atoms with Gasteiger partial charge in [0, 0.05) is 18.3 Å². The van der Waals surface area contributed by atoms with Crippen molar-refractivity contribution in [2.75, 3.05) is 25.9 Å². The van der Waals surface area contributed by atoms with Crippen molar-refractivity contribution in [3.05, 3.63) is 0 Å². The lowest BCUT2D eigenvalue weighted by atomic mass is 10.2. The van der Waals surface area contributed by atoms with Gasteiger partial charge in [-0.1, -0.05) is 6.92 Å². The van der Waals surface area contributed by atoms with E-state index in [2.05, 4.69) is 12.2 Å². The maximum Gasteiger partial charge on any atom is 0.241 e. The molecule has 1 aliphatic carbocycles. The number of nitrogens with two attached hydrogens (primary N) is 1. The van der Waals surface area contributed by atoms with Crippen molar-refractivity contribution >= 4 is 36.0 Å². The number of carbonyl (C=O) groups is 2. The number of nitrogens with one attached hydrogen (secondary N) is 1. The molecule has 7 heteroatoms. The third-order valence-electron chi connectivity index (χ3n) is 3.32. The number of halogens is 1. The highest BCUT2D eigenvalue weighted by molar-refractivity contribution is 7.99. The van der Waals surface area contributed by atoms with Crippen LogP contribution in [0.25, 0.3) is 0 Å². The van der Waals surface area contributed by atoms with Gasteiger partial charge in [0.05, 0.1) is 13.1 Å². The summed E-state index contributed by atoms with van der Waals surface area (Å²) < 4.78 is 0. The third-order valence-corrected chi connectivity index (χ3v) is 4.56. The zero-order valence-electron chi connectivity index (χ0n) is 11.6. The van der Waals surface area contributed by atoms with Gasteiger partial charge in [0.15, 0.2) is 0 Å². The number of hydrogen-bond acceptors (Lipinski definition) is 4. The molecule has 5 nitrogen and oxygen atoms in total. The van der Waals surface area contributed by atoms with Crippen LogP contribution in [-0.2, 0) is 9.59 Å². The first kappa shape index (κ1) is 18.5. The molecule has 1 rings (SSSR count). The Kier molecular flexibility index (Phi) is 9.22. The molecule has 0 spiro atoms. The molecule has 2 unspecified atom stereocenters. The molecule has 0 heterocycles. The summed E-state index contributed by atoms with van der Waals surface area (Å²) in [5.41, 5.74) is 5.17. The van der Waals surface area contributed by atoms with Gasteiger partial charge in [-0.2, -0.15) is 11.8 Å². The van der Waals surface area contributed by atoms with Crippen molar-refractivity contribution in [2.24, 2.45) is 5.73 Å². The Labute approximate surface area is 125 Å². The van der Waals surface area contributed by atoms with Gasteiger partial charge in [-0.15, -0.1) is 12.4 Å². The van der Waals surface area contributed by atoms with Crippen LogP contribution in [0.1, 0.15) is 26.2 Å². The molecule has 0 aromatic carbocycles. The van der Waals surface area contributed by atoms with Crippen LogP contribution in [0.3, 0.4) is 0 Å². The molecule has 0 aromatic rings. The zero-order valence-corrected chi connectivity index (χ0v) is 13.2. The minimum Gasteiger partial charge on any atom is -0.346 e. The number of thioether (sulfide) groups is 1. The quantitative estimate of drug-likeness (QED) is 0.754. The van der Waals surface area contributed by atoms with Crippen molar-refractivity contribution in [2.45, 2.75) is 37.5 Å². The van der Waals surface area contributed by atoms with Crippen LogP contribution in [-0.4, -0.2) is 53.9 Å². The first-order valence-corrected chi connectivity index (χ1v) is 7.47. The normalized spacial score (nSPS) is 21.6. The van der Waals surface area contributed by atoms with Crippen LogP contribution in [0.2, 0.25) is 0 Å². The van der Waals surface area contributed by atoms with Crippen LogP contribution in [0.4, 0.5) is 0 Å². The minimum atomic E-state index is -0.289. The molecule has 2 amide bonds. The monoisotopic (exact) mass is 309 g/mol. The first-order valence-electron chi connectivity index (χ1n) is 6.42. The second-order valence-corrected chi connectivity index (χ2v) is 6.11. The number of rotatable bonds is 6. The Morgan fingerprint density at radius 3 is 2.68 bits per heavy atom. The average molecular weight is 310 g/mol. The molecule has 0 radical (unpaired) electrons.